The van der Waals surface area contributed by atoms with Gasteiger partial charge in [-0.2, -0.15) is 0 Å². The summed E-state index contributed by atoms with van der Waals surface area (Å²) in [6, 6.07) is 17.0. The van der Waals surface area contributed by atoms with E-state index in [4.69, 9.17) is 5.11 Å². The van der Waals surface area contributed by atoms with E-state index in [-0.39, 0.29) is 5.56 Å². The largest absolute Gasteiger partial charge is 0.478 e. The molecular formula is C18H13N3O2S. The third-order valence-corrected chi connectivity index (χ3v) is 4.63. The second-order valence-corrected chi connectivity index (χ2v) is 6.33. The van der Waals surface area contributed by atoms with E-state index in [2.05, 4.69) is 21.0 Å². The zero-order valence-electron chi connectivity index (χ0n) is 12.6. The number of carbonyl (C=O) groups is 1. The number of fused-ring (bicyclic) bond motifs is 2. The highest BCUT2D eigenvalue weighted by atomic mass is 32.2. The Morgan fingerprint density at radius 1 is 1.04 bits per heavy atom. The fraction of sp³-hybridized carbons (Fsp3) is 0.0556. The molecule has 4 rings (SSSR count). The van der Waals surface area contributed by atoms with Crippen LogP contribution >= 0.6 is 11.8 Å². The summed E-state index contributed by atoms with van der Waals surface area (Å²) in [4.78, 5) is 23.3. The Morgan fingerprint density at radius 2 is 1.92 bits per heavy atom. The minimum Gasteiger partial charge on any atom is -0.478 e. The van der Waals surface area contributed by atoms with Gasteiger partial charge in [-0.1, -0.05) is 36.0 Å². The number of aromatic carboxylic acids is 1. The second kappa shape index (κ2) is 5.98. The Morgan fingerprint density at radius 3 is 2.79 bits per heavy atom. The number of hydrogen-bond acceptors (Lipinski definition) is 4. The molecule has 0 radical (unpaired) electrons. The Hall–Kier alpha value is -2.86. The molecule has 0 fully saturated rings. The van der Waals surface area contributed by atoms with Crippen molar-refractivity contribution in [2.45, 2.75) is 10.9 Å². The first-order valence-electron chi connectivity index (χ1n) is 7.39. The van der Waals surface area contributed by atoms with Crippen LogP contribution in [0.25, 0.3) is 21.9 Å². The number of rotatable bonds is 4. The normalized spacial score (nSPS) is 11.2. The van der Waals surface area contributed by atoms with Gasteiger partial charge in [-0.15, -0.1) is 0 Å². The molecule has 0 aliphatic carbocycles. The van der Waals surface area contributed by atoms with Gasteiger partial charge in [-0.25, -0.2) is 9.78 Å². The van der Waals surface area contributed by atoms with Crippen LogP contribution in [0.3, 0.4) is 0 Å². The van der Waals surface area contributed by atoms with Crippen LogP contribution in [0.2, 0.25) is 0 Å². The number of imidazole rings is 1. The predicted molar refractivity (Wildman–Crippen MR) is 94.4 cm³/mol. The third-order valence-electron chi connectivity index (χ3n) is 3.72. The van der Waals surface area contributed by atoms with E-state index in [1.54, 1.807) is 30.0 Å². The van der Waals surface area contributed by atoms with Crippen LogP contribution in [0.1, 0.15) is 16.1 Å². The fourth-order valence-electron chi connectivity index (χ4n) is 2.52. The molecule has 2 aromatic heterocycles. The molecule has 0 saturated carbocycles. The van der Waals surface area contributed by atoms with Gasteiger partial charge in [-0.05, 0) is 30.3 Å². The Balaban J connectivity index is 1.56. The molecule has 24 heavy (non-hydrogen) atoms. The highest BCUT2D eigenvalue weighted by molar-refractivity contribution is 7.98. The molecule has 0 spiro atoms. The minimum atomic E-state index is -0.943. The lowest BCUT2D eigenvalue weighted by Gasteiger charge is -2.01. The summed E-state index contributed by atoms with van der Waals surface area (Å²) in [6.07, 6.45) is 0. The van der Waals surface area contributed by atoms with E-state index < -0.39 is 5.97 Å². The smallest absolute Gasteiger partial charge is 0.335 e. The lowest BCUT2D eigenvalue weighted by molar-refractivity contribution is 0.0697. The SMILES string of the molecule is O=C(O)c1ccc2nc(SCc3ccc4ccccc4n3)[nH]c2c1. The zero-order chi connectivity index (χ0) is 16.5. The minimum absolute atomic E-state index is 0.249. The number of aromatic amines is 1. The molecule has 6 heteroatoms. The summed E-state index contributed by atoms with van der Waals surface area (Å²) >= 11 is 1.55. The van der Waals surface area contributed by atoms with Crippen molar-refractivity contribution in [3.63, 3.8) is 0 Å². The predicted octanol–water partition coefficient (Wildman–Crippen LogP) is 4.10. The van der Waals surface area contributed by atoms with E-state index in [0.717, 1.165) is 32.8 Å². The molecule has 2 aromatic carbocycles. The number of thioether (sulfide) groups is 1. The van der Waals surface area contributed by atoms with E-state index in [1.165, 1.54) is 0 Å². The van der Waals surface area contributed by atoms with Gasteiger partial charge in [0.05, 0.1) is 27.8 Å². The molecular weight excluding hydrogens is 322 g/mol. The van der Waals surface area contributed by atoms with Gasteiger partial charge in [0.1, 0.15) is 0 Å². The first kappa shape index (κ1) is 14.7. The summed E-state index contributed by atoms with van der Waals surface area (Å²) < 4.78 is 0. The number of nitrogens with one attached hydrogen (secondary N) is 1. The summed E-state index contributed by atoms with van der Waals surface area (Å²) in [6.45, 7) is 0. The van der Waals surface area contributed by atoms with Crippen LogP contribution in [0, 0.1) is 0 Å². The number of pyridine rings is 1. The average molecular weight is 335 g/mol. The summed E-state index contributed by atoms with van der Waals surface area (Å²) in [7, 11) is 0. The van der Waals surface area contributed by atoms with Crippen LogP contribution in [-0.4, -0.2) is 26.0 Å². The number of carboxylic acid groups (broad SMARTS) is 1. The summed E-state index contributed by atoms with van der Waals surface area (Å²) in [5.41, 5.74) is 3.69. The van der Waals surface area contributed by atoms with Crippen LogP contribution in [0.5, 0.6) is 0 Å². The monoisotopic (exact) mass is 335 g/mol. The molecule has 0 amide bonds. The van der Waals surface area contributed by atoms with Crippen LogP contribution in [-0.2, 0) is 5.75 Å². The number of aromatic nitrogens is 3. The van der Waals surface area contributed by atoms with Crippen molar-refractivity contribution < 1.29 is 9.90 Å². The number of hydrogen-bond donors (Lipinski definition) is 2. The van der Waals surface area contributed by atoms with Crippen molar-refractivity contribution in [2.75, 3.05) is 0 Å². The maximum Gasteiger partial charge on any atom is 0.335 e. The van der Waals surface area contributed by atoms with Gasteiger partial charge in [0.25, 0.3) is 0 Å². The van der Waals surface area contributed by atoms with Gasteiger partial charge in [0, 0.05) is 11.1 Å². The van der Waals surface area contributed by atoms with Crippen molar-refractivity contribution in [3.8, 4) is 0 Å². The van der Waals surface area contributed by atoms with Crippen LogP contribution in [0.4, 0.5) is 0 Å². The first-order chi connectivity index (χ1) is 11.7. The topological polar surface area (TPSA) is 78.9 Å². The second-order valence-electron chi connectivity index (χ2n) is 5.36. The zero-order valence-corrected chi connectivity index (χ0v) is 13.4. The first-order valence-corrected chi connectivity index (χ1v) is 8.38. The van der Waals surface area contributed by atoms with Crippen molar-refractivity contribution in [2.24, 2.45) is 0 Å². The maximum atomic E-state index is 11.0. The lowest BCUT2D eigenvalue weighted by atomic mass is 10.2. The quantitative estimate of drug-likeness (QED) is 0.549. The molecule has 118 valence electrons. The highest BCUT2D eigenvalue weighted by Crippen LogP contribution is 2.24. The molecule has 0 unspecified atom stereocenters. The third kappa shape index (κ3) is 2.83. The molecule has 2 heterocycles. The Labute approximate surface area is 141 Å². The van der Waals surface area contributed by atoms with E-state index in [1.807, 2.05) is 30.3 Å². The van der Waals surface area contributed by atoms with Crippen molar-refractivity contribution in [3.05, 3.63) is 65.9 Å². The molecule has 2 N–H and O–H groups in total. The fourth-order valence-corrected chi connectivity index (χ4v) is 3.31. The summed E-state index contributed by atoms with van der Waals surface area (Å²) in [5.74, 6) is -0.253. The average Bonchev–Trinajstić information content (AvgIpc) is 3.01. The van der Waals surface area contributed by atoms with Gasteiger partial charge in [0.2, 0.25) is 0 Å². The Kier molecular flexibility index (Phi) is 3.66. The number of benzene rings is 2. The van der Waals surface area contributed by atoms with Crippen LogP contribution < -0.4 is 0 Å². The molecule has 0 saturated heterocycles. The van der Waals surface area contributed by atoms with Gasteiger partial charge in [0.15, 0.2) is 5.16 Å². The number of nitrogens with zero attached hydrogens (tertiary/aromatic N) is 2. The van der Waals surface area contributed by atoms with Crippen molar-refractivity contribution in [1.29, 1.82) is 0 Å². The van der Waals surface area contributed by atoms with E-state index >= 15 is 0 Å². The van der Waals surface area contributed by atoms with Crippen molar-refractivity contribution >= 4 is 39.7 Å². The van der Waals surface area contributed by atoms with Gasteiger partial charge < -0.3 is 10.1 Å². The van der Waals surface area contributed by atoms with E-state index in [9.17, 15) is 4.79 Å². The molecule has 0 atom stereocenters. The molecule has 0 aliphatic rings. The number of carboxylic acids is 1. The molecule has 0 aliphatic heterocycles. The van der Waals surface area contributed by atoms with Gasteiger partial charge >= 0.3 is 5.97 Å². The number of H-pyrrole nitrogens is 1. The summed E-state index contributed by atoms with van der Waals surface area (Å²) in [5, 5.41) is 10.9. The molecule has 0 bridgehead atoms. The van der Waals surface area contributed by atoms with Crippen molar-refractivity contribution in [1.82, 2.24) is 15.0 Å². The number of para-hydroxylation sites is 1. The standard InChI is InChI=1S/C18H13N3O2S/c22-17(23)12-6-8-15-16(9-12)21-18(20-15)24-10-13-7-5-11-3-1-2-4-14(11)19-13/h1-9H,10H2,(H,20,21)(H,22,23). The lowest BCUT2D eigenvalue weighted by Crippen LogP contribution is -1.94. The van der Waals surface area contributed by atoms with E-state index in [0.29, 0.717) is 5.75 Å². The Bertz CT molecular complexity index is 1060. The molecule has 5 nitrogen and oxygen atoms in total. The van der Waals surface area contributed by atoms with Crippen LogP contribution in [0.15, 0.2) is 59.8 Å². The maximum absolute atomic E-state index is 11.0. The van der Waals surface area contributed by atoms with Gasteiger partial charge in [-0.3, -0.25) is 4.98 Å². The molecule has 4 aromatic rings. The highest BCUT2D eigenvalue weighted by Gasteiger charge is 2.08.